The van der Waals surface area contributed by atoms with E-state index in [-0.39, 0.29) is 28.9 Å². The number of aliphatic hydroxyl groups excluding tert-OH is 1. The van der Waals surface area contributed by atoms with Crippen molar-refractivity contribution >= 4 is 11.5 Å². The van der Waals surface area contributed by atoms with Gasteiger partial charge in [0.15, 0.2) is 0 Å². The second-order valence-corrected chi connectivity index (χ2v) is 13.8. The number of aliphatic hydroxyl groups is 1. The Balaban J connectivity index is 1.22. The van der Waals surface area contributed by atoms with E-state index in [0.29, 0.717) is 24.8 Å². The summed E-state index contributed by atoms with van der Waals surface area (Å²) in [5, 5.41) is 19.9. The number of nitrogens with zero attached hydrogens (tertiary/aromatic N) is 2. The van der Waals surface area contributed by atoms with Crippen LogP contribution in [0.3, 0.4) is 0 Å². The first kappa shape index (κ1) is 26.3. The van der Waals surface area contributed by atoms with Gasteiger partial charge in [-0.3, -0.25) is 14.7 Å². The van der Waals surface area contributed by atoms with Crippen molar-refractivity contribution in [3.63, 3.8) is 0 Å². The normalized spacial score (nSPS) is 41.8. The Morgan fingerprint density at radius 1 is 1.13 bits per heavy atom. The van der Waals surface area contributed by atoms with Crippen molar-refractivity contribution in [2.75, 3.05) is 13.1 Å². The van der Waals surface area contributed by atoms with E-state index in [9.17, 15) is 15.0 Å². The molecule has 0 aromatic carbocycles. The molecule has 0 spiro atoms. The zero-order valence-electron chi connectivity index (χ0n) is 23.5. The average molecular weight is 519 g/mol. The lowest BCUT2D eigenvalue weighted by molar-refractivity contribution is -0.145. The fourth-order valence-corrected chi connectivity index (χ4v) is 9.88. The second kappa shape index (κ2) is 9.89. The molecule has 2 N–H and O–H groups in total. The maximum Gasteiger partial charge on any atom is 0.306 e. The van der Waals surface area contributed by atoms with E-state index < -0.39 is 5.97 Å². The third-order valence-electron chi connectivity index (χ3n) is 11.8. The molecule has 38 heavy (non-hydrogen) atoms. The fraction of sp³-hybridized carbons (Fsp3) is 0.697. The van der Waals surface area contributed by atoms with E-state index in [2.05, 4.69) is 48.0 Å². The van der Waals surface area contributed by atoms with Gasteiger partial charge in [-0.2, -0.15) is 0 Å². The molecule has 1 aromatic rings. The smallest absolute Gasteiger partial charge is 0.306 e. The van der Waals surface area contributed by atoms with Crippen LogP contribution in [0.25, 0.3) is 5.57 Å². The second-order valence-electron chi connectivity index (χ2n) is 13.8. The number of aliphatic carboxylic acids is 1. The van der Waals surface area contributed by atoms with Gasteiger partial charge in [0.05, 0.1) is 12.0 Å². The van der Waals surface area contributed by atoms with Crippen LogP contribution in [0.5, 0.6) is 0 Å². The number of carboxylic acid groups (broad SMARTS) is 1. The fourth-order valence-electron chi connectivity index (χ4n) is 9.88. The molecule has 5 heteroatoms. The predicted molar refractivity (Wildman–Crippen MR) is 150 cm³/mol. The van der Waals surface area contributed by atoms with E-state index in [1.165, 1.54) is 49.7 Å². The highest BCUT2D eigenvalue weighted by Gasteiger charge is 2.57. The van der Waals surface area contributed by atoms with Gasteiger partial charge in [0.1, 0.15) is 0 Å². The molecule has 3 unspecified atom stereocenters. The van der Waals surface area contributed by atoms with Crippen LogP contribution < -0.4 is 0 Å². The van der Waals surface area contributed by atoms with Gasteiger partial charge in [-0.15, -0.1) is 0 Å². The van der Waals surface area contributed by atoms with E-state index in [1.807, 2.05) is 19.3 Å². The molecule has 1 saturated heterocycles. The number of hydrogen-bond donors (Lipinski definition) is 2. The molecular weight excluding hydrogens is 472 g/mol. The quantitative estimate of drug-likeness (QED) is 0.454. The minimum atomic E-state index is -0.645. The van der Waals surface area contributed by atoms with Crippen molar-refractivity contribution in [1.82, 2.24) is 9.88 Å². The first-order chi connectivity index (χ1) is 18.2. The number of carboxylic acids is 1. The van der Waals surface area contributed by atoms with Crippen LogP contribution >= 0.6 is 0 Å². The number of β-amino-alcohol motifs (C(OH)–C–C–N with tert-alkyl or cyclic N) is 1. The molecule has 4 aliphatic carbocycles. The molecule has 2 heterocycles. The molecule has 1 aliphatic heterocycles. The van der Waals surface area contributed by atoms with Crippen molar-refractivity contribution in [3.05, 3.63) is 47.8 Å². The Labute approximate surface area is 228 Å². The van der Waals surface area contributed by atoms with Gasteiger partial charge in [-0.25, -0.2) is 0 Å². The monoisotopic (exact) mass is 518 g/mol. The summed E-state index contributed by atoms with van der Waals surface area (Å²) in [5.74, 6) is 1.79. The van der Waals surface area contributed by atoms with Gasteiger partial charge >= 0.3 is 5.97 Å². The Bertz CT molecular complexity index is 1110. The number of fused-ring (bicyclic) bond motifs is 5. The molecule has 0 bridgehead atoms. The maximum atomic E-state index is 11.9. The van der Waals surface area contributed by atoms with Gasteiger partial charge in [0.2, 0.25) is 0 Å². The first-order valence-electron chi connectivity index (χ1n) is 15.2. The minimum Gasteiger partial charge on any atom is -0.481 e. The number of carbonyl (C=O) groups is 1. The number of hydrogen-bond acceptors (Lipinski definition) is 4. The SMILES string of the molecule is CC(O)CN1CCC(C(=O)O)CC1[C@H]1CC[C@@]2(C)C(=CC[C@@H]3[C@@H]2CC[C@]2(C)C(c4cccnc4)=CC[C@@H]32)C1. The molecule has 9 atom stereocenters. The number of rotatable bonds is 5. The Kier molecular flexibility index (Phi) is 6.83. The number of piperidine rings is 1. The summed E-state index contributed by atoms with van der Waals surface area (Å²) in [5.41, 5.74) is 5.02. The molecule has 3 fully saturated rings. The molecule has 206 valence electrons. The van der Waals surface area contributed by atoms with E-state index in [4.69, 9.17) is 0 Å². The molecule has 5 aliphatic rings. The van der Waals surface area contributed by atoms with Gasteiger partial charge in [0, 0.05) is 25.0 Å². The largest absolute Gasteiger partial charge is 0.481 e. The Morgan fingerprint density at radius 2 is 1.95 bits per heavy atom. The highest BCUT2D eigenvalue weighted by molar-refractivity contribution is 5.72. The van der Waals surface area contributed by atoms with E-state index in [1.54, 1.807) is 5.57 Å². The molecule has 0 radical (unpaired) electrons. The minimum absolute atomic E-state index is 0.247. The zero-order chi connectivity index (χ0) is 26.7. The summed E-state index contributed by atoms with van der Waals surface area (Å²) in [6.07, 6.45) is 18.6. The number of pyridine rings is 1. The van der Waals surface area contributed by atoms with Crippen molar-refractivity contribution in [3.8, 4) is 0 Å². The van der Waals surface area contributed by atoms with Crippen LogP contribution in [0.1, 0.15) is 84.1 Å². The Hall–Kier alpha value is -1.98. The molecule has 2 saturated carbocycles. The number of allylic oxidation sites excluding steroid dienone is 4. The summed E-state index contributed by atoms with van der Waals surface area (Å²) < 4.78 is 0. The lowest BCUT2D eigenvalue weighted by Crippen LogP contribution is -2.53. The van der Waals surface area contributed by atoms with Crippen LogP contribution in [0, 0.1) is 40.4 Å². The van der Waals surface area contributed by atoms with Crippen LogP contribution in [0.15, 0.2) is 42.3 Å². The Morgan fingerprint density at radius 3 is 2.68 bits per heavy atom. The van der Waals surface area contributed by atoms with Gasteiger partial charge < -0.3 is 10.2 Å². The third-order valence-corrected chi connectivity index (χ3v) is 11.8. The van der Waals surface area contributed by atoms with Crippen LogP contribution in [-0.4, -0.2) is 51.3 Å². The summed E-state index contributed by atoms with van der Waals surface area (Å²) in [4.78, 5) is 18.7. The highest BCUT2D eigenvalue weighted by Crippen LogP contribution is 2.66. The van der Waals surface area contributed by atoms with Crippen molar-refractivity contribution in [2.45, 2.75) is 90.7 Å². The van der Waals surface area contributed by atoms with Gasteiger partial charge in [-0.05, 0) is 123 Å². The van der Waals surface area contributed by atoms with Crippen LogP contribution in [0.2, 0.25) is 0 Å². The lowest BCUT2D eigenvalue weighted by Gasteiger charge is -2.59. The van der Waals surface area contributed by atoms with Crippen LogP contribution in [-0.2, 0) is 4.79 Å². The predicted octanol–water partition coefficient (Wildman–Crippen LogP) is 6.20. The molecule has 6 rings (SSSR count). The number of likely N-dealkylation sites (tertiary alicyclic amines) is 1. The van der Waals surface area contributed by atoms with E-state index in [0.717, 1.165) is 31.2 Å². The average Bonchev–Trinajstić information content (AvgIpc) is 3.26. The molecule has 0 amide bonds. The molecular formula is C33H46N2O3. The summed E-state index contributed by atoms with van der Waals surface area (Å²) in [6, 6.07) is 4.57. The molecule has 5 nitrogen and oxygen atoms in total. The van der Waals surface area contributed by atoms with E-state index >= 15 is 0 Å². The highest BCUT2D eigenvalue weighted by atomic mass is 16.4. The van der Waals surface area contributed by atoms with Gasteiger partial charge in [-0.1, -0.05) is 37.6 Å². The van der Waals surface area contributed by atoms with Crippen LogP contribution in [0.4, 0.5) is 0 Å². The summed E-state index contributed by atoms with van der Waals surface area (Å²) in [6.45, 7) is 8.39. The van der Waals surface area contributed by atoms with Crippen molar-refractivity contribution < 1.29 is 15.0 Å². The molecule has 1 aromatic heterocycles. The van der Waals surface area contributed by atoms with Crippen molar-refractivity contribution in [2.24, 2.45) is 40.4 Å². The van der Waals surface area contributed by atoms with Crippen molar-refractivity contribution in [1.29, 1.82) is 0 Å². The maximum absolute atomic E-state index is 11.9. The van der Waals surface area contributed by atoms with Gasteiger partial charge in [0.25, 0.3) is 0 Å². The lowest BCUT2D eigenvalue weighted by atomic mass is 9.46. The standard InChI is InChI=1S/C33H46N2O3/c1-21(36)20-35-16-12-23(31(37)38)18-30(35)22-10-13-32(2)25(17-22)6-7-26-28-9-8-27(24-5-4-15-34-19-24)33(28,3)14-11-29(26)32/h4-6,8,15,19,21-23,26,28-30,36H,7,9-14,16-18,20H2,1-3H3,(H,37,38)/t21?,22-,23?,26-,28-,29-,30?,32-,33+/m0/s1. The third kappa shape index (κ3) is 4.29. The number of aromatic nitrogens is 1. The topological polar surface area (TPSA) is 73.7 Å². The summed E-state index contributed by atoms with van der Waals surface area (Å²) >= 11 is 0. The zero-order valence-corrected chi connectivity index (χ0v) is 23.5. The first-order valence-corrected chi connectivity index (χ1v) is 15.2. The summed E-state index contributed by atoms with van der Waals surface area (Å²) in [7, 11) is 0.